The van der Waals surface area contributed by atoms with E-state index < -0.39 is 57.8 Å². The molecule has 0 aromatic carbocycles. The van der Waals surface area contributed by atoms with Gasteiger partial charge >= 0.3 is 25.7 Å². The first kappa shape index (κ1) is 75.6. The Kier molecular flexibility index (Phi) is 57.4. The molecule has 0 rings (SSSR count). The van der Waals surface area contributed by atoms with E-state index in [0.29, 0.717) is 19.3 Å². The maximum atomic E-state index is 12.9. The van der Waals surface area contributed by atoms with Gasteiger partial charge < -0.3 is 24.2 Å². The summed E-state index contributed by atoms with van der Waals surface area (Å²) in [5, 5.41) is 9.85. The molecule has 0 radical (unpaired) electrons. The van der Waals surface area contributed by atoms with E-state index in [0.717, 1.165) is 173 Å². The van der Waals surface area contributed by atoms with Crippen molar-refractivity contribution >= 4 is 25.7 Å². The summed E-state index contributed by atoms with van der Waals surface area (Å²) in [7, 11) is -4.78. The molecule has 2 N–H and O–H groups in total. The molecule has 0 aliphatic heterocycles. The molecule has 454 valence electrons. The number of phosphoric ester groups is 1. The lowest BCUT2D eigenvalue weighted by Crippen LogP contribution is -2.30. The second kappa shape index (κ2) is 60.7. The van der Waals surface area contributed by atoms with Gasteiger partial charge in [-0.25, -0.2) is 4.57 Å². The summed E-state index contributed by atoms with van der Waals surface area (Å²) in [5.41, 5.74) is 0. The molecule has 12 heteroatoms. The Hall–Kier alpha value is -4.38. The second-order valence-electron chi connectivity index (χ2n) is 20.1. The number of phosphoric acid groups is 1. The SMILES string of the molecule is CC/C=C\C/C=C\C/C=C\C/C=C\C/C=C\CCCCCC(=O)OCC(COP(=O)(O)OCC(CO)OC(=O)CCCCCCCCC/C=C\C/C=C\C/C=C\CC)OC(=O)CCCCCCCCC/C=C\C/C=C\C/C=C\CC. The van der Waals surface area contributed by atoms with Crippen molar-refractivity contribution in [1.29, 1.82) is 0 Å². The van der Waals surface area contributed by atoms with Crippen molar-refractivity contribution in [3.05, 3.63) is 134 Å². The standard InChI is InChI=1S/C68H111O11P/c1-4-7-10-13-16-19-22-25-28-31-32-35-36-39-42-45-48-51-54-57-66(70)75-61-65(79-68(72)59-56-53-50-47-44-41-38-34-30-27-24-21-18-15-12-9-6-3)63-77-80(73,74)76-62-64(60-69)78-67(71)58-55-52-49-46-43-40-37-33-29-26-23-20-17-14-11-8-5-2/h7-12,16-21,25-30,32,35,39,42,64-65,69H,4-6,13-15,22-24,31,33-34,36-38,40-41,43-63H2,1-3H3,(H,73,74)/b10-7-,11-8-,12-9-,19-16-,20-17-,21-18-,28-25-,29-26-,30-27-,35-32-,42-39-. The van der Waals surface area contributed by atoms with E-state index in [1.807, 2.05) is 0 Å². The Morgan fingerprint density at radius 2 is 0.613 bits per heavy atom. The molecule has 0 aromatic rings. The lowest BCUT2D eigenvalue weighted by Gasteiger charge is -2.21. The summed E-state index contributed by atoms with van der Waals surface area (Å²) in [6.07, 6.45) is 76.8. The van der Waals surface area contributed by atoms with Crippen LogP contribution in [0.2, 0.25) is 0 Å². The van der Waals surface area contributed by atoms with E-state index in [1.54, 1.807) is 0 Å². The normalized spacial score (nSPS) is 14.2. The predicted octanol–water partition coefficient (Wildman–Crippen LogP) is 18.9. The fourth-order valence-electron chi connectivity index (χ4n) is 7.94. The molecular formula is C68H111O11P. The van der Waals surface area contributed by atoms with Crippen LogP contribution in [0.15, 0.2) is 134 Å². The average molecular weight is 1140 g/mol. The van der Waals surface area contributed by atoms with Crippen LogP contribution in [0.5, 0.6) is 0 Å². The Morgan fingerprint density at radius 3 is 0.950 bits per heavy atom. The number of aliphatic hydroxyl groups excluding tert-OH is 1. The van der Waals surface area contributed by atoms with E-state index in [4.69, 9.17) is 23.3 Å². The third kappa shape index (κ3) is 58.3. The average Bonchev–Trinajstić information content (AvgIpc) is 3.45. The van der Waals surface area contributed by atoms with Gasteiger partial charge in [0.05, 0.1) is 19.8 Å². The van der Waals surface area contributed by atoms with Gasteiger partial charge in [0.15, 0.2) is 6.10 Å². The number of hydrogen-bond acceptors (Lipinski definition) is 10. The number of carbonyl (C=O) groups excluding carboxylic acids is 3. The van der Waals surface area contributed by atoms with Crippen LogP contribution in [0.25, 0.3) is 0 Å². The summed E-state index contributed by atoms with van der Waals surface area (Å²) in [5.74, 6) is -1.53. The monoisotopic (exact) mass is 1130 g/mol. The van der Waals surface area contributed by atoms with E-state index in [9.17, 15) is 28.9 Å². The maximum absolute atomic E-state index is 12.9. The molecule has 0 saturated carbocycles. The van der Waals surface area contributed by atoms with Gasteiger partial charge in [-0.2, -0.15) is 0 Å². The maximum Gasteiger partial charge on any atom is 0.472 e. The van der Waals surface area contributed by atoms with Crippen molar-refractivity contribution < 1.29 is 52.2 Å². The topological polar surface area (TPSA) is 155 Å². The smallest absolute Gasteiger partial charge is 0.462 e. The lowest BCUT2D eigenvalue weighted by atomic mass is 10.1. The van der Waals surface area contributed by atoms with Crippen LogP contribution < -0.4 is 0 Å². The molecule has 11 nitrogen and oxygen atoms in total. The van der Waals surface area contributed by atoms with E-state index in [-0.39, 0.29) is 25.9 Å². The molecule has 0 aliphatic carbocycles. The molecule has 0 heterocycles. The number of ether oxygens (including phenoxy) is 3. The quantitative estimate of drug-likeness (QED) is 0.0197. The largest absolute Gasteiger partial charge is 0.472 e. The summed E-state index contributed by atoms with van der Waals surface area (Å²) < 4.78 is 39.6. The zero-order valence-corrected chi connectivity index (χ0v) is 51.1. The van der Waals surface area contributed by atoms with Crippen LogP contribution in [-0.4, -0.2) is 66.5 Å². The molecular weight excluding hydrogens is 1020 g/mol. The molecule has 0 saturated heterocycles. The van der Waals surface area contributed by atoms with Crippen molar-refractivity contribution in [2.45, 2.75) is 251 Å². The van der Waals surface area contributed by atoms with Gasteiger partial charge in [-0.3, -0.25) is 23.4 Å². The molecule has 0 spiro atoms. The van der Waals surface area contributed by atoms with Gasteiger partial charge in [0.2, 0.25) is 0 Å². The summed E-state index contributed by atoms with van der Waals surface area (Å²) >= 11 is 0. The van der Waals surface area contributed by atoms with Crippen LogP contribution >= 0.6 is 7.82 Å². The van der Waals surface area contributed by atoms with Gasteiger partial charge in [0.25, 0.3) is 0 Å². The number of allylic oxidation sites excluding steroid dienone is 22. The molecule has 0 bridgehead atoms. The summed E-state index contributed by atoms with van der Waals surface area (Å²) in [6.45, 7) is 4.25. The summed E-state index contributed by atoms with van der Waals surface area (Å²) in [6, 6.07) is 0. The first-order chi connectivity index (χ1) is 39.2. The zero-order chi connectivity index (χ0) is 58.3. The van der Waals surface area contributed by atoms with Crippen molar-refractivity contribution in [3.8, 4) is 0 Å². The first-order valence-electron chi connectivity index (χ1n) is 31.1. The van der Waals surface area contributed by atoms with Gasteiger partial charge in [-0.1, -0.05) is 225 Å². The minimum absolute atomic E-state index is 0.141. The first-order valence-corrected chi connectivity index (χ1v) is 32.6. The minimum Gasteiger partial charge on any atom is -0.462 e. The van der Waals surface area contributed by atoms with E-state index >= 15 is 0 Å². The van der Waals surface area contributed by atoms with Crippen molar-refractivity contribution in [2.24, 2.45) is 0 Å². The van der Waals surface area contributed by atoms with Crippen LogP contribution in [0, 0.1) is 0 Å². The van der Waals surface area contributed by atoms with Crippen molar-refractivity contribution in [3.63, 3.8) is 0 Å². The van der Waals surface area contributed by atoms with Gasteiger partial charge in [-0.15, -0.1) is 0 Å². The number of esters is 3. The Morgan fingerprint density at radius 1 is 0.350 bits per heavy atom. The Labute approximate surface area is 487 Å². The highest BCUT2D eigenvalue weighted by atomic mass is 31.2. The highest BCUT2D eigenvalue weighted by molar-refractivity contribution is 7.47. The van der Waals surface area contributed by atoms with Gasteiger partial charge in [0.1, 0.15) is 12.7 Å². The highest BCUT2D eigenvalue weighted by Crippen LogP contribution is 2.43. The second-order valence-corrected chi connectivity index (χ2v) is 21.5. The number of unbranched alkanes of at least 4 members (excludes halogenated alkanes) is 17. The van der Waals surface area contributed by atoms with Crippen LogP contribution in [-0.2, 0) is 42.2 Å². The molecule has 0 fully saturated rings. The van der Waals surface area contributed by atoms with E-state index in [1.165, 1.54) is 6.42 Å². The number of rotatable bonds is 56. The Bertz CT molecular complexity index is 1850. The zero-order valence-electron chi connectivity index (χ0n) is 50.2. The predicted molar refractivity (Wildman–Crippen MR) is 334 cm³/mol. The van der Waals surface area contributed by atoms with Crippen molar-refractivity contribution in [1.82, 2.24) is 0 Å². The number of aliphatic hydroxyl groups is 1. The van der Waals surface area contributed by atoms with Gasteiger partial charge in [-0.05, 0) is 128 Å². The summed E-state index contributed by atoms with van der Waals surface area (Å²) in [4.78, 5) is 48.7. The number of carbonyl (C=O) groups is 3. The molecule has 0 amide bonds. The van der Waals surface area contributed by atoms with Crippen LogP contribution in [0.3, 0.4) is 0 Å². The van der Waals surface area contributed by atoms with Crippen molar-refractivity contribution in [2.75, 3.05) is 26.4 Å². The molecule has 0 aromatic heterocycles. The fraction of sp³-hybridized carbons (Fsp3) is 0.632. The minimum atomic E-state index is -4.78. The van der Waals surface area contributed by atoms with Crippen LogP contribution in [0.1, 0.15) is 239 Å². The lowest BCUT2D eigenvalue weighted by molar-refractivity contribution is -0.161. The van der Waals surface area contributed by atoms with E-state index in [2.05, 4.69) is 154 Å². The molecule has 3 unspecified atom stereocenters. The van der Waals surface area contributed by atoms with Gasteiger partial charge in [0, 0.05) is 19.3 Å². The highest BCUT2D eigenvalue weighted by Gasteiger charge is 2.28. The number of hydrogen-bond donors (Lipinski definition) is 2. The Balaban J connectivity index is 4.80. The molecule has 0 aliphatic rings. The van der Waals surface area contributed by atoms with Crippen LogP contribution in [0.4, 0.5) is 0 Å². The molecule has 80 heavy (non-hydrogen) atoms. The fourth-order valence-corrected chi connectivity index (χ4v) is 8.72. The third-order valence-corrected chi connectivity index (χ3v) is 13.5. The third-order valence-electron chi connectivity index (χ3n) is 12.6. The molecule has 3 atom stereocenters.